The van der Waals surface area contributed by atoms with E-state index in [2.05, 4.69) is 5.32 Å². The van der Waals surface area contributed by atoms with Crippen LogP contribution in [-0.2, 0) is 26.2 Å². The minimum Gasteiger partial charge on any atom is -0.494 e. The molecular weight excluding hydrogens is 562 g/mol. The summed E-state index contributed by atoms with van der Waals surface area (Å²) in [5.74, 6) is -0.254. The molecule has 1 N–H and O–H groups in total. The number of ether oxygens (including phenoxy) is 1. The summed E-state index contributed by atoms with van der Waals surface area (Å²) in [6.45, 7) is 9.35. The molecule has 41 heavy (non-hydrogen) atoms. The first-order chi connectivity index (χ1) is 19.4. The van der Waals surface area contributed by atoms with Gasteiger partial charge < -0.3 is 15.0 Å². The largest absolute Gasteiger partial charge is 0.494 e. The lowest BCUT2D eigenvalue weighted by molar-refractivity contribution is -0.141. The van der Waals surface area contributed by atoms with Crippen LogP contribution in [0.4, 0.5) is 5.69 Å². The molecule has 0 bridgehead atoms. The van der Waals surface area contributed by atoms with E-state index in [-0.39, 0.29) is 23.0 Å². The Kier molecular flexibility index (Phi) is 10.8. The number of hydrogen-bond acceptors (Lipinski definition) is 5. The van der Waals surface area contributed by atoms with Crippen molar-refractivity contribution < 1.29 is 22.7 Å². The van der Waals surface area contributed by atoms with E-state index in [4.69, 9.17) is 16.3 Å². The minimum absolute atomic E-state index is 0.0179. The number of sulfonamides is 1. The fourth-order valence-electron chi connectivity index (χ4n) is 4.29. The highest BCUT2D eigenvalue weighted by Gasteiger charge is 2.34. The first-order valence-corrected chi connectivity index (χ1v) is 15.3. The summed E-state index contributed by atoms with van der Waals surface area (Å²) in [6.07, 6.45) is 0.341. The zero-order valence-corrected chi connectivity index (χ0v) is 25.7. The van der Waals surface area contributed by atoms with Crippen LogP contribution in [0.3, 0.4) is 0 Å². The number of carbonyl (C=O) groups is 2. The molecule has 0 aliphatic carbocycles. The molecule has 0 aromatic heterocycles. The highest BCUT2D eigenvalue weighted by Crippen LogP contribution is 2.27. The van der Waals surface area contributed by atoms with Gasteiger partial charge in [0.05, 0.1) is 17.2 Å². The Hall–Kier alpha value is -3.56. The van der Waals surface area contributed by atoms with Crippen molar-refractivity contribution in [3.05, 3.63) is 89.4 Å². The quantitative estimate of drug-likeness (QED) is 0.290. The maximum atomic E-state index is 14.1. The summed E-state index contributed by atoms with van der Waals surface area (Å²) in [5, 5.41) is 3.35. The van der Waals surface area contributed by atoms with Crippen molar-refractivity contribution in [1.82, 2.24) is 10.2 Å². The number of nitrogens with zero attached hydrogens (tertiary/aromatic N) is 2. The number of nitrogens with one attached hydrogen (secondary N) is 1. The molecule has 0 unspecified atom stereocenters. The molecule has 0 saturated heterocycles. The van der Waals surface area contributed by atoms with Crippen LogP contribution in [0.15, 0.2) is 83.8 Å². The average Bonchev–Trinajstić information content (AvgIpc) is 2.92. The van der Waals surface area contributed by atoms with Gasteiger partial charge in [0.25, 0.3) is 10.0 Å². The Morgan fingerprint density at radius 1 is 0.927 bits per heavy atom. The third kappa shape index (κ3) is 8.71. The van der Waals surface area contributed by atoms with Gasteiger partial charge in [0, 0.05) is 17.1 Å². The highest BCUT2D eigenvalue weighted by molar-refractivity contribution is 7.92. The van der Waals surface area contributed by atoms with Crippen LogP contribution in [0, 0.1) is 0 Å². The number of hydrogen-bond donors (Lipinski definition) is 1. The molecule has 0 fully saturated rings. The minimum atomic E-state index is -4.19. The van der Waals surface area contributed by atoms with Crippen molar-refractivity contribution in [2.75, 3.05) is 17.5 Å². The first kappa shape index (κ1) is 32.0. The van der Waals surface area contributed by atoms with Gasteiger partial charge in [-0.05, 0) is 88.2 Å². The average molecular weight is 600 g/mol. The normalized spacial score (nSPS) is 12.3. The molecule has 0 spiro atoms. The Morgan fingerprint density at radius 3 is 2.07 bits per heavy atom. The number of halogens is 1. The highest BCUT2D eigenvalue weighted by atomic mass is 35.5. The van der Waals surface area contributed by atoms with Gasteiger partial charge >= 0.3 is 0 Å². The van der Waals surface area contributed by atoms with Gasteiger partial charge in [0.1, 0.15) is 18.3 Å². The van der Waals surface area contributed by atoms with Crippen LogP contribution in [-0.4, -0.2) is 49.9 Å². The zero-order valence-electron chi connectivity index (χ0n) is 24.1. The van der Waals surface area contributed by atoms with E-state index in [0.29, 0.717) is 23.8 Å². The Labute approximate surface area is 248 Å². The van der Waals surface area contributed by atoms with E-state index in [1.54, 1.807) is 24.3 Å². The predicted octanol–water partition coefficient (Wildman–Crippen LogP) is 5.66. The third-order valence-electron chi connectivity index (χ3n) is 6.20. The molecule has 0 radical (unpaired) electrons. The lowest BCUT2D eigenvalue weighted by Gasteiger charge is -2.34. The number of amides is 2. The standard InChI is InChI=1S/C31H38ClN3O5S/c1-6-28(30(37)33-31(3,4)5)34(21-23-11-9-8-10-12-23)29(36)22-35(25-15-17-26(18-16-25)40-7-2)41(38,39)27-19-13-24(32)14-20-27/h8-20,28H,6-7,21-22H2,1-5H3,(H,33,37)/t28-/m1/s1. The van der Waals surface area contributed by atoms with E-state index in [1.807, 2.05) is 65.0 Å². The number of anilines is 1. The predicted molar refractivity (Wildman–Crippen MR) is 163 cm³/mol. The summed E-state index contributed by atoms with van der Waals surface area (Å²) in [5.41, 5.74) is 0.581. The molecule has 3 aromatic carbocycles. The molecule has 8 nitrogen and oxygen atoms in total. The summed E-state index contributed by atoms with van der Waals surface area (Å²) in [7, 11) is -4.19. The molecule has 1 atom stereocenters. The zero-order chi connectivity index (χ0) is 30.2. The van der Waals surface area contributed by atoms with Gasteiger partial charge in [0.15, 0.2) is 0 Å². The van der Waals surface area contributed by atoms with Crippen molar-refractivity contribution in [2.45, 2.75) is 64.1 Å². The van der Waals surface area contributed by atoms with E-state index in [1.165, 1.54) is 29.2 Å². The first-order valence-electron chi connectivity index (χ1n) is 13.5. The number of rotatable bonds is 12. The Bertz CT molecular complexity index is 1410. The number of benzene rings is 3. The SMILES string of the molecule is CCOc1ccc(N(CC(=O)N(Cc2ccccc2)[C@H](CC)C(=O)NC(C)(C)C)S(=O)(=O)c2ccc(Cl)cc2)cc1. The van der Waals surface area contributed by atoms with Crippen LogP contribution in [0.25, 0.3) is 0 Å². The lowest BCUT2D eigenvalue weighted by Crippen LogP contribution is -2.55. The molecular formula is C31H38ClN3O5S. The second-order valence-corrected chi connectivity index (χ2v) is 12.9. The summed E-state index contributed by atoms with van der Waals surface area (Å²) in [4.78, 5) is 28.9. The molecule has 10 heteroatoms. The van der Waals surface area contributed by atoms with Gasteiger partial charge in [-0.25, -0.2) is 8.42 Å². The fraction of sp³-hybridized carbons (Fsp3) is 0.355. The molecule has 0 aliphatic rings. The number of carbonyl (C=O) groups excluding carboxylic acids is 2. The Balaban J connectivity index is 2.06. The second-order valence-electron chi connectivity index (χ2n) is 10.6. The topological polar surface area (TPSA) is 96.0 Å². The molecule has 0 aliphatic heterocycles. The monoisotopic (exact) mass is 599 g/mol. The van der Waals surface area contributed by atoms with Crippen LogP contribution in [0.1, 0.15) is 46.6 Å². The molecule has 2 amide bonds. The van der Waals surface area contributed by atoms with Crippen LogP contribution in [0.2, 0.25) is 5.02 Å². The van der Waals surface area contributed by atoms with Gasteiger partial charge in [-0.1, -0.05) is 48.9 Å². The maximum absolute atomic E-state index is 14.1. The maximum Gasteiger partial charge on any atom is 0.264 e. The smallest absolute Gasteiger partial charge is 0.264 e. The van der Waals surface area contributed by atoms with Crippen LogP contribution < -0.4 is 14.4 Å². The van der Waals surface area contributed by atoms with Gasteiger partial charge in [-0.3, -0.25) is 13.9 Å². The molecule has 3 rings (SSSR count). The summed E-state index contributed by atoms with van der Waals surface area (Å²) < 4.78 is 34.4. The van der Waals surface area contributed by atoms with E-state index in [9.17, 15) is 18.0 Å². The summed E-state index contributed by atoms with van der Waals surface area (Å²) >= 11 is 6.01. The molecule has 3 aromatic rings. The second kappa shape index (κ2) is 13.9. The van der Waals surface area contributed by atoms with Gasteiger partial charge in [0.2, 0.25) is 11.8 Å². The summed E-state index contributed by atoms with van der Waals surface area (Å²) in [6, 6.07) is 20.7. The molecule has 220 valence electrons. The molecule has 0 saturated carbocycles. The van der Waals surface area contributed by atoms with Crippen LogP contribution >= 0.6 is 11.6 Å². The third-order valence-corrected chi connectivity index (χ3v) is 8.24. The van der Waals surface area contributed by atoms with Crippen molar-refractivity contribution in [3.63, 3.8) is 0 Å². The van der Waals surface area contributed by atoms with Gasteiger partial charge in [-0.2, -0.15) is 0 Å². The van der Waals surface area contributed by atoms with Crippen molar-refractivity contribution in [2.24, 2.45) is 0 Å². The van der Waals surface area contributed by atoms with E-state index >= 15 is 0 Å². The van der Waals surface area contributed by atoms with E-state index < -0.39 is 34.1 Å². The van der Waals surface area contributed by atoms with Crippen molar-refractivity contribution in [1.29, 1.82) is 0 Å². The van der Waals surface area contributed by atoms with E-state index in [0.717, 1.165) is 9.87 Å². The van der Waals surface area contributed by atoms with Crippen molar-refractivity contribution >= 4 is 39.1 Å². The Morgan fingerprint density at radius 2 is 1.54 bits per heavy atom. The van der Waals surface area contributed by atoms with Crippen LogP contribution in [0.5, 0.6) is 5.75 Å². The lowest BCUT2D eigenvalue weighted by atomic mass is 10.1. The van der Waals surface area contributed by atoms with Gasteiger partial charge in [-0.15, -0.1) is 0 Å². The fourth-order valence-corrected chi connectivity index (χ4v) is 5.83. The van der Waals surface area contributed by atoms with Crippen molar-refractivity contribution in [3.8, 4) is 5.75 Å². The molecule has 0 heterocycles.